The van der Waals surface area contributed by atoms with Crippen molar-refractivity contribution in [1.29, 1.82) is 0 Å². The van der Waals surface area contributed by atoms with Gasteiger partial charge in [0, 0.05) is 12.0 Å². The third kappa shape index (κ3) is 3.46. The smallest absolute Gasteiger partial charge is 0.322 e. The lowest BCUT2D eigenvalue weighted by molar-refractivity contribution is -0.142. The minimum absolute atomic E-state index is 0.262. The number of rotatable bonds is 4. The number of nitrogens with zero attached hydrogens (tertiary/aromatic N) is 1. The maximum atomic E-state index is 12.2. The van der Waals surface area contributed by atoms with Gasteiger partial charge in [-0.1, -0.05) is 30.3 Å². The van der Waals surface area contributed by atoms with E-state index in [0.29, 0.717) is 12.8 Å². The molecule has 1 N–H and O–H groups in total. The lowest BCUT2D eigenvalue weighted by Crippen LogP contribution is -2.47. The predicted octanol–water partition coefficient (Wildman–Crippen LogP) is 1.93. The van der Waals surface area contributed by atoms with Crippen LogP contribution in [0, 0.1) is 0 Å². The van der Waals surface area contributed by atoms with Gasteiger partial charge >= 0.3 is 5.97 Å². The highest BCUT2D eigenvalue weighted by molar-refractivity contribution is 7.92. The van der Waals surface area contributed by atoms with Crippen molar-refractivity contribution >= 4 is 22.1 Å². The number of hydrogen-bond acceptors (Lipinski definition) is 3. The van der Waals surface area contributed by atoms with Crippen LogP contribution in [0.2, 0.25) is 0 Å². The predicted molar refractivity (Wildman–Crippen MR) is 76.4 cm³/mol. The number of carbonyl (C=O) groups is 1. The van der Waals surface area contributed by atoms with Crippen molar-refractivity contribution in [2.75, 3.05) is 6.54 Å². The Kier molecular flexibility index (Phi) is 4.57. The van der Waals surface area contributed by atoms with E-state index in [-0.39, 0.29) is 6.54 Å². The molecule has 0 aliphatic carbocycles. The summed E-state index contributed by atoms with van der Waals surface area (Å²) in [5.41, 5.74) is 0.764. The summed E-state index contributed by atoms with van der Waals surface area (Å²) in [5, 5.41) is 10.2. The molecule has 1 aliphatic rings. The summed E-state index contributed by atoms with van der Waals surface area (Å²) in [6.45, 7) is 0.262. The van der Waals surface area contributed by atoms with E-state index in [0.717, 1.165) is 21.7 Å². The fourth-order valence-corrected chi connectivity index (χ4v) is 3.68. The van der Waals surface area contributed by atoms with E-state index < -0.39 is 22.0 Å². The summed E-state index contributed by atoms with van der Waals surface area (Å²) >= 11 is 0. The zero-order chi connectivity index (χ0) is 14.6. The summed E-state index contributed by atoms with van der Waals surface area (Å²) in [5.74, 6) is -1.08. The highest BCUT2D eigenvalue weighted by Crippen LogP contribution is 2.22. The van der Waals surface area contributed by atoms with Crippen molar-refractivity contribution in [3.05, 3.63) is 41.3 Å². The Morgan fingerprint density at radius 3 is 2.60 bits per heavy atom. The van der Waals surface area contributed by atoms with E-state index in [1.54, 1.807) is 12.1 Å². The minimum atomic E-state index is -3.70. The molecule has 1 atom stereocenters. The highest BCUT2D eigenvalue weighted by atomic mass is 32.2. The van der Waals surface area contributed by atoms with Gasteiger partial charge in [-0.15, -0.1) is 0 Å². The van der Waals surface area contributed by atoms with Gasteiger partial charge in [0.2, 0.25) is 10.0 Å². The SMILES string of the molecule is O=C(O)[C@@H]1CCCCN1S(=O)(=O)/C=C/c1ccccc1. The van der Waals surface area contributed by atoms with Gasteiger partial charge in [0.05, 0.1) is 0 Å². The Morgan fingerprint density at radius 2 is 1.95 bits per heavy atom. The number of aliphatic carboxylic acids is 1. The Labute approximate surface area is 118 Å². The van der Waals surface area contributed by atoms with Gasteiger partial charge in [0.1, 0.15) is 6.04 Å². The Bertz CT molecular complexity index is 595. The molecule has 0 radical (unpaired) electrons. The summed E-state index contributed by atoms with van der Waals surface area (Å²) in [6, 6.07) is 8.10. The lowest BCUT2D eigenvalue weighted by Gasteiger charge is -2.30. The van der Waals surface area contributed by atoms with Crippen molar-refractivity contribution in [1.82, 2.24) is 4.31 Å². The largest absolute Gasteiger partial charge is 0.480 e. The quantitative estimate of drug-likeness (QED) is 0.921. The van der Waals surface area contributed by atoms with Crippen LogP contribution in [-0.4, -0.2) is 36.4 Å². The molecule has 0 amide bonds. The molecule has 1 saturated heterocycles. The van der Waals surface area contributed by atoms with Crippen LogP contribution in [0.25, 0.3) is 6.08 Å². The van der Waals surface area contributed by atoms with Crippen LogP contribution in [0.15, 0.2) is 35.7 Å². The van der Waals surface area contributed by atoms with Gasteiger partial charge in [-0.25, -0.2) is 8.42 Å². The van der Waals surface area contributed by atoms with Crippen LogP contribution in [-0.2, 0) is 14.8 Å². The summed E-state index contributed by atoms with van der Waals surface area (Å²) in [4.78, 5) is 11.2. The molecule has 1 fully saturated rings. The zero-order valence-corrected chi connectivity index (χ0v) is 11.8. The molecule has 5 nitrogen and oxygen atoms in total. The second kappa shape index (κ2) is 6.19. The van der Waals surface area contributed by atoms with Gasteiger partial charge in [-0.2, -0.15) is 4.31 Å². The number of hydrogen-bond donors (Lipinski definition) is 1. The van der Waals surface area contributed by atoms with Crippen molar-refractivity contribution in [2.24, 2.45) is 0 Å². The second-order valence-corrected chi connectivity index (χ2v) is 6.49. The zero-order valence-electron chi connectivity index (χ0n) is 11.0. The third-order valence-electron chi connectivity index (χ3n) is 3.30. The van der Waals surface area contributed by atoms with E-state index in [1.165, 1.54) is 6.08 Å². The van der Waals surface area contributed by atoms with Crippen molar-refractivity contribution in [2.45, 2.75) is 25.3 Å². The van der Waals surface area contributed by atoms with Gasteiger partial charge in [0.15, 0.2) is 0 Å². The monoisotopic (exact) mass is 295 g/mol. The normalized spacial score (nSPS) is 21.1. The number of benzene rings is 1. The molecule has 6 heteroatoms. The lowest BCUT2D eigenvalue weighted by atomic mass is 10.1. The van der Waals surface area contributed by atoms with E-state index in [1.807, 2.05) is 18.2 Å². The average Bonchev–Trinajstić information content (AvgIpc) is 2.46. The van der Waals surface area contributed by atoms with E-state index in [4.69, 9.17) is 5.11 Å². The molecule has 108 valence electrons. The van der Waals surface area contributed by atoms with Crippen molar-refractivity contribution in [3.8, 4) is 0 Å². The molecule has 0 saturated carbocycles. The Morgan fingerprint density at radius 1 is 1.25 bits per heavy atom. The first-order valence-corrected chi connectivity index (χ1v) is 7.99. The number of piperidine rings is 1. The number of sulfonamides is 1. The molecule has 0 spiro atoms. The molecule has 20 heavy (non-hydrogen) atoms. The molecule has 1 aliphatic heterocycles. The molecule has 1 heterocycles. The van der Waals surface area contributed by atoms with Gasteiger partial charge in [-0.05, 0) is 30.9 Å². The molecule has 0 aromatic heterocycles. The molecular weight excluding hydrogens is 278 g/mol. The Balaban J connectivity index is 2.20. The molecule has 1 aromatic rings. The molecule has 2 rings (SSSR count). The first-order valence-electron chi connectivity index (χ1n) is 6.48. The van der Waals surface area contributed by atoms with Crippen molar-refractivity contribution < 1.29 is 18.3 Å². The van der Waals surface area contributed by atoms with E-state index >= 15 is 0 Å². The summed E-state index contributed by atoms with van der Waals surface area (Å²) in [6.07, 6.45) is 3.30. The minimum Gasteiger partial charge on any atom is -0.480 e. The summed E-state index contributed by atoms with van der Waals surface area (Å²) < 4.78 is 25.6. The van der Waals surface area contributed by atoms with Crippen LogP contribution in [0.3, 0.4) is 0 Å². The Hall–Kier alpha value is -1.66. The van der Waals surface area contributed by atoms with Crippen LogP contribution in [0.1, 0.15) is 24.8 Å². The first-order chi connectivity index (χ1) is 9.50. The number of carboxylic acids is 1. The van der Waals surface area contributed by atoms with Gasteiger partial charge < -0.3 is 5.11 Å². The second-order valence-electron chi connectivity index (χ2n) is 4.72. The number of carboxylic acid groups (broad SMARTS) is 1. The van der Waals surface area contributed by atoms with E-state index in [2.05, 4.69) is 0 Å². The highest BCUT2D eigenvalue weighted by Gasteiger charge is 2.35. The molecule has 0 unspecified atom stereocenters. The van der Waals surface area contributed by atoms with Crippen molar-refractivity contribution in [3.63, 3.8) is 0 Å². The maximum absolute atomic E-state index is 12.2. The molecular formula is C14H17NO4S. The average molecular weight is 295 g/mol. The van der Waals surface area contributed by atoms with Crippen LogP contribution in [0.4, 0.5) is 0 Å². The van der Waals surface area contributed by atoms with Crippen LogP contribution in [0.5, 0.6) is 0 Å². The topological polar surface area (TPSA) is 74.7 Å². The molecule has 0 bridgehead atoms. The van der Waals surface area contributed by atoms with Gasteiger partial charge in [-0.3, -0.25) is 4.79 Å². The fraction of sp³-hybridized carbons (Fsp3) is 0.357. The van der Waals surface area contributed by atoms with Gasteiger partial charge in [0.25, 0.3) is 0 Å². The fourth-order valence-electron chi connectivity index (χ4n) is 2.26. The van der Waals surface area contributed by atoms with Crippen LogP contribution >= 0.6 is 0 Å². The standard InChI is InChI=1S/C14H17NO4S/c16-14(17)13-8-4-5-10-15(13)20(18,19)11-9-12-6-2-1-3-7-12/h1-3,6-7,9,11,13H,4-5,8,10H2,(H,16,17)/b11-9+/t13-/m0/s1. The first kappa shape index (κ1) is 14.7. The van der Waals surface area contributed by atoms with E-state index in [9.17, 15) is 13.2 Å². The molecule has 1 aromatic carbocycles. The van der Waals surface area contributed by atoms with Crippen LogP contribution < -0.4 is 0 Å². The summed E-state index contributed by atoms with van der Waals surface area (Å²) in [7, 11) is -3.70. The maximum Gasteiger partial charge on any atom is 0.322 e. The third-order valence-corrected chi connectivity index (χ3v) is 4.87.